The van der Waals surface area contributed by atoms with Crippen LogP contribution in [0.5, 0.6) is 0 Å². The summed E-state index contributed by atoms with van der Waals surface area (Å²) in [5.41, 5.74) is 9.89. The van der Waals surface area contributed by atoms with Gasteiger partial charge in [0.15, 0.2) is 0 Å². The van der Waals surface area contributed by atoms with Crippen LogP contribution in [0.1, 0.15) is 51.0 Å². The molecule has 0 saturated carbocycles. The van der Waals surface area contributed by atoms with E-state index in [1.807, 2.05) is 54.4 Å². The van der Waals surface area contributed by atoms with Crippen LogP contribution >= 0.6 is 46.7 Å². The number of halogens is 4. The SMILES string of the molecule is CSCc1cccc2c(C(c3ccc(F)cc3)c3ccc(Cl)cc3)c[nH]c12.CSCc1cccc2cc[nH]c12.OC(c1ccc(F)cc1)c1ccc(Cl)cc1. The van der Waals surface area contributed by atoms with Crippen molar-refractivity contribution in [3.05, 3.63) is 213 Å². The monoisotopic (exact) mass is 808 g/mol. The van der Waals surface area contributed by atoms with Crippen LogP contribution in [0.15, 0.2) is 152 Å². The molecule has 55 heavy (non-hydrogen) atoms. The fourth-order valence-corrected chi connectivity index (χ4v) is 7.88. The molecule has 0 saturated heterocycles. The summed E-state index contributed by atoms with van der Waals surface area (Å²) in [6, 6.07) is 42.3. The summed E-state index contributed by atoms with van der Waals surface area (Å²) in [6.07, 6.45) is 7.56. The smallest absolute Gasteiger partial charge is 0.123 e. The van der Waals surface area contributed by atoms with Crippen molar-refractivity contribution >= 4 is 68.5 Å². The van der Waals surface area contributed by atoms with Crippen LogP contribution in [0.4, 0.5) is 8.78 Å². The van der Waals surface area contributed by atoms with Gasteiger partial charge in [0, 0.05) is 56.3 Å². The summed E-state index contributed by atoms with van der Waals surface area (Å²) in [7, 11) is 0. The largest absolute Gasteiger partial charge is 0.384 e. The summed E-state index contributed by atoms with van der Waals surface area (Å²) < 4.78 is 26.2. The quantitative estimate of drug-likeness (QED) is 0.136. The lowest BCUT2D eigenvalue weighted by Gasteiger charge is -2.18. The maximum absolute atomic E-state index is 13.5. The predicted octanol–water partition coefficient (Wildman–Crippen LogP) is 13.6. The van der Waals surface area contributed by atoms with E-state index in [0.29, 0.717) is 15.6 Å². The summed E-state index contributed by atoms with van der Waals surface area (Å²) in [4.78, 5) is 6.73. The number of para-hydroxylation sites is 2. The molecule has 3 nitrogen and oxygen atoms in total. The second kappa shape index (κ2) is 19.4. The van der Waals surface area contributed by atoms with Gasteiger partial charge in [0.05, 0.1) is 0 Å². The first-order valence-corrected chi connectivity index (χ1v) is 21.1. The van der Waals surface area contributed by atoms with Gasteiger partial charge in [-0.25, -0.2) is 8.78 Å². The average Bonchev–Trinajstić information content (AvgIpc) is 3.87. The molecule has 6 aromatic carbocycles. The Hall–Kier alpha value is -4.50. The standard InChI is InChI=1S/C23H19ClFNS.C13H10ClFO.C10H11NS/c1-27-14-17-3-2-4-20-21(13-26-23(17)20)22(15-5-9-18(24)10-6-15)16-7-11-19(25)12-8-16;14-11-5-1-9(2-6-11)13(16)10-3-7-12(15)8-4-10;1-12-7-9-4-2-3-8-5-6-11-10(8)9/h2-13,22,26H,14H2,1H3;1-8,13,16H;2-6,11H,7H2,1H3. The molecule has 3 N–H and O–H groups in total. The molecular formula is C46H40Cl2F2N2OS2. The number of aliphatic hydroxyl groups excluding tert-OH is 1. The highest BCUT2D eigenvalue weighted by Gasteiger charge is 2.21. The van der Waals surface area contributed by atoms with E-state index in [0.717, 1.165) is 28.2 Å². The van der Waals surface area contributed by atoms with Gasteiger partial charge in [0.25, 0.3) is 0 Å². The normalized spacial score (nSPS) is 12.1. The molecule has 0 bridgehead atoms. The van der Waals surface area contributed by atoms with Crippen LogP contribution in [0, 0.1) is 11.6 Å². The Morgan fingerprint density at radius 3 is 1.58 bits per heavy atom. The minimum atomic E-state index is -0.752. The number of thioether (sulfide) groups is 2. The van der Waals surface area contributed by atoms with Crippen LogP contribution < -0.4 is 0 Å². The summed E-state index contributed by atoms with van der Waals surface area (Å²) >= 11 is 15.5. The number of fused-ring (bicyclic) bond motifs is 2. The van der Waals surface area contributed by atoms with Gasteiger partial charge in [0.1, 0.15) is 17.7 Å². The second-order valence-electron chi connectivity index (χ2n) is 12.9. The molecule has 2 unspecified atom stereocenters. The number of rotatable bonds is 9. The van der Waals surface area contributed by atoms with Crippen molar-refractivity contribution in [3.8, 4) is 0 Å². The first kappa shape index (κ1) is 40.2. The Morgan fingerprint density at radius 1 is 0.564 bits per heavy atom. The molecule has 0 aliphatic carbocycles. The molecule has 8 aromatic rings. The van der Waals surface area contributed by atoms with Crippen LogP contribution in [0.25, 0.3) is 21.8 Å². The lowest BCUT2D eigenvalue weighted by molar-refractivity contribution is 0.220. The Labute approximate surface area is 339 Å². The first-order valence-electron chi connectivity index (χ1n) is 17.6. The fourth-order valence-electron chi connectivity index (χ4n) is 6.52. The molecule has 280 valence electrons. The number of hydrogen-bond donors (Lipinski definition) is 3. The van der Waals surface area contributed by atoms with E-state index < -0.39 is 6.10 Å². The number of aromatic nitrogens is 2. The molecule has 0 aliphatic heterocycles. The Bertz CT molecular complexity index is 2320. The Kier molecular flexibility index (Phi) is 14.2. The zero-order chi connectivity index (χ0) is 38.7. The summed E-state index contributed by atoms with van der Waals surface area (Å²) in [5, 5.41) is 13.8. The van der Waals surface area contributed by atoms with Crippen molar-refractivity contribution in [1.29, 1.82) is 0 Å². The zero-order valence-electron chi connectivity index (χ0n) is 30.3. The second-order valence-corrected chi connectivity index (χ2v) is 15.5. The van der Waals surface area contributed by atoms with Gasteiger partial charge in [-0.3, -0.25) is 0 Å². The third-order valence-corrected chi connectivity index (χ3v) is 10.9. The predicted molar refractivity (Wildman–Crippen MR) is 232 cm³/mol. The molecule has 0 fully saturated rings. The van der Waals surface area contributed by atoms with Gasteiger partial charge in [-0.2, -0.15) is 23.5 Å². The third kappa shape index (κ3) is 10.2. The van der Waals surface area contributed by atoms with Gasteiger partial charge >= 0.3 is 0 Å². The molecule has 0 spiro atoms. The molecule has 0 aliphatic rings. The van der Waals surface area contributed by atoms with Crippen molar-refractivity contribution in [2.45, 2.75) is 23.5 Å². The summed E-state index contributed by atoms with van der Waals surface area (Å²) in [5.74, 6) is 1.50. The van der Waals surface area contributed by atoms with E-state index in [4.69, 9.17) is 23.2 Å². The van der Waals surface area contributed by atoms with Crippen LogP contribution in [0.3, 0.4) is 0 Å². The lowest BCUT2D eigenvalue weighted by atomic mass is 9.85. The maximum atomic E-state index is 13.5. The number of hydrogen-bond acceptors (Lipinski definition) is 3. The van der Waals surface area contributed by atoms with Crippen LogP contribution in [-0.4, -0.2) is 27.6 Å². The molecule has 0 amide bonds. The molecule has 9 heteroatoms. The highest BCUT2D eigenvalue weighted by Crippen LogP contribution is 2.38. The van der Waals surface area contributed by atoms with Crippen LogP contribution in [-0.2, 0) is 11.5 Å². The van der Waals surface area contributed by atoms with E-state index in [1.165, 1.54) is 62.8 Å². The molecule has 2 heterocycles. The van der Waals surface area contributed by atoms with Gasteiger partial charge < -0.3 is 15.1 Å². The Morgan fingerprint density at radius 2 is 1.04 bits per heavy atom. The number of nitrogens with one attached hydrogen (secondary N) is 2. The molecule has 2 atom stereocenters. The average molecular weight is 810 g/mol. The van der Waals surface area contributed by atoms with E-state index >= 15 is 0 Å². The van der Waals surface area contributed by atoms with Gasteiger partial charge in [0.2, 0.25) is 0 Å². The minimum absolute atomic E-state index is 0.00106. The minimum Gasteiger partial charge on any atom is -0.384 e. The van der Waals surface area contributed by atoms with E-state index in [1.54, 1.807) is 48.2 Å². The van der Waals surface area contributed by atoms with E-state index in [-0.39, 0.29) is 17.6 Å². The maximum Gasteiger partial charge on any atom is 0.123 e. The topological polar surface area (TPSA) is 51.8 Å². The van der Waals surface area contributed by atoms with Crippen LogP contribution in [0.2, 0.25) is 10.0 Å². The summed E-state index contributed by atoms with van der Waals surface area (Å²) in [6.45, 7) is 0. The highest BCUT2D eigenvalue weighted by molar-refractivity contribution is 7.98. The van der Waals surface area contributed by atoms with E-state index in [9.17, 15) is 13.9 Å². The number of H-pyrrole nitrogens is 2. The Balaban J connectivity index is 0.000000155. The number of benzene rings is 6. The molecule has 8 rings (SSSR count). The molecular weight excluding hydrogens is 770 g/mol. The fraction of sp³-hybridized carbons (Fsp3) is 0.130. The van der Waals surface area contributed by atoms with Crippen molar-refractivity contribution in [3.63, 3.8) is 0 Å². The van der Waals surface area contributed by atoms with E-state index in [2.05, 4.69) is 71.1 Å². The van der Waals surface area contributed by atoms with Crippen molar-refractivity contribution in [1.82, 2.24) is 9.97 Å². The first-order chi connectivity index (χ1) is 26.7. The van der Waals surface area contributed by atoms with Crippen molar-refractivity contribution in [2.24, 2.45) is 0 Å². The van der Waals surface area contributed by atoms with Crippen molar-refractivity contribution < 1.29 is 13.9 Å². The molecule has 2 aromatic heterocycles. The third-order valence-electron chi connectivity index (χ3n) is 9.20. The highest BCUT2D eigenvalue weighted by atomic mass is 35.5. The van der Waals surface area contributed by atoms with Gasteiger partial charge in [-0.05, 0) is 111 Å². The molecule has 0 radical (unpaired) electrons. The van der Waals surface area contributed by atoms with Gasteiger partial charge in [-0.1, -0.05) is 108 Å². The van der Waals surface area contributed by atoms with Gasteiger partial charge in [-0.15, -0.1) is 0 Å². The number of aromatic amines is 2. The van der Waals surface area contributed by atoms with Crippen molar-refractivity contribution in [2.75, 3.05) is 12.5 Å². The lowest BCUT2D eigenvalue weighted by Crippen LogP contribution is -2.03. The number of aliphatic hydroxyl groups is 1. The zero-order valence-corrected chi connectivity index (χ0v) is 33.4.